The molecule has 0 atom stereocenters. The van der Waals surface area contributed by atoms with Crippen molar-refractivity contribution in [3.05, 3.63) is 24.4 Å². The topological polar surface area (TPSA) is 63.5 Å². The molecule has 0 aromatic carbocycles. The first-order valence-electron chi connectivity index (χ1n) is 2.76. The zero-order valence-corrected chi connectivity index (χ0v) is 5.16. The number of anilines is 1. The molecule has 0 bridgehead atoms. The van der Waals surface area contributed by atoms with Gasteiger partial charge in [-0.15, -0.1) is 0 Å². The lowest BCUT2D eigenvalue weighted by atomic mass is 10.5. The van der Waals surface area contributed by atoms with E-state index < -0.39 is 6.09 Å². The normalized spacial score (nSPS) is 8.80. The third kappa shape index (κ3) is 1.74. The van der Waals surface area contributed by atoms with Crippen LogP contribution in [-0.2, 0) is 0 Å². The molecule has 4 heteroatoms. The number of H-pyrrole nitrogens is 1. The minimum atomic E-state index is -1.07. The number of rotatable bonds is 1. The minimum Gasteiger partial charge on any atom is -0.447 e. The summed E-state index contributed by atoms with van der Waals surface area (Å²) in [7, 11) is 0. The van der Waals surface area contributed by atoms with E-state index in [2.05, 4.69) is 10.3 Å². The van der Waals surface area contributed by atoms with Crippen LogP contribution in [0.25, 0.3) is 0 Å². The number of carboxylic acid groups (broad SMARTS) is 1. The van der Waals surface area contributed by atoms with Gasteiger partial charge in [0.2, 0.25) is 0 Å². The minimum absolute atomic E-state index is 0.468. The van der Waals surface area contributed by atoms with Crippen LogP contribution >= 0.6 is 0 Å². The van der Waals surface area contributed by atoms with Crippen molar-refractivity contribution < 1.29 is 14.9 Å². The van der Waals surface area contributed by atoms with Crippen molar-refractivity contribution >= 4 is 11.9 Å². The smallest absolute Gasteiger partial charge is 0.447 e. The number of amides is 1. The summed E-state index contributed by atoms with van der Waals surface area (Å²) in [4.78, 5) is 12.7. The van der Waals surface area contributed by atoms with Crippen LogP contribution < -0.4 is 10.3 Å². The number of pyridine rings is 1. The Hall–Kier alpha value is -1.58. The van der Waals surface area contributed by atoms with Gasteiger partial charge in [0.25, 0.3) is 5.82 Å². The highest BCUT2D eigenvalue weighted by Crippen LogP contribution is 1.92. The first kappa shape index (κ1) is 6.54. The van der Waals surface area contributed by atoms with Crippen LogP contribution in [0.3, 0.4) is 0 Å². The zero-order valence-electron chi connectivity index (χ0n) is 5.16. The predicted octanol–water partition coefficient (Wildman–Crippen LogP) is 0.591. The molecule has 4 nitrogen and oxygen atoms in total. The second-order valence-electron chi connectivity index (χ2n) is 1.71. The Morgan fingerprint density at radius 2 is 2.40 bits per heavy atom. The molecule has 0 radical (unpaired) electrons. The van der Waals surface area contributed by atoms with Crippen LogP contribution in [0.4, 0.5) is 10.6 Å². The van der Waals surface area contributed by atoms with Crippen LogP contribution in [0.5, 0.6) is 0 Å². The molecule has 1 amide bonds. The average molecular weight is 139 g/mol. The standard InChI is InChI=1S/C6H6N2O2/c9-6(10)8-5-3-1-2-4-7-5/h1-4H,(H,7,8)(H,9,10)/p+1. The summed E-state index contributed by atoms with van der Waals surface area (Å²) in [5.74, 6) is 0.468. The van der Waals surface area contributed by atoms with Gasteiger partial charge in [-0.3, -0.25) is 0 Å². The third-order valence-electron chi connectivity index (χ3n) is 0.951. The number of carbonyl (C=O) groups is 1. The molecule has 0 fully saturated rings. The molecule has 0 aliphatic heterocycles. The largest absolute Gasteiger partial charge is 0.502 e. The van der Waals surface area contributed by atoms with E-state index in [1.165, 1.54) is 0 Å². The molecule has 1 aromatic heterocycles. The van der Waals surface area contributed by atoms with E-state index >= 15 is 0 Å². The Balaban J connectivity index is 2.67. The van der Waals surface area contributed by atoms with Crippen LogP contribution in [-0.4, -0.2) is 11.2 Å². The van der Waals surface area contributed by atoms with Crippen LogP contribution in [0.15, 0.2) is 24.4 Å². The molecule has 0 saturated carbocycles. The second-order valence-corrected chi connectivity index (χ2v) is 1.71. The van der Waals surface area contributed by atoms with Crippen molar-refractivity contribution in [3.8, 4) is 0 Å². The molecule has 0 aliphatic rings. The maximum Gasteiger partial charge on any atom is 0.502 e. The molecular weight excluding hydrogens is 132 g/mol. The van der Waals surface area contributed by atoms with Crippen molar-refractivity contribution in [2.24, 2.45) is 0 Å². The molecule has 1 rings (SSSR count). The Kier molecular flexibility index (Phi) is 1.84. The molecule has 52 valence electrons. The van der Waals surface area contributed by atoms with Gasteiger partial charge in [-0.05, 0) is 6.07 Å². The Bertz CT molecular complexity index is 222. The highest BCUT2D eigenvalue weighted by Gasteiger charge is 2.03. The van der Waals surface area contributed by atoms with E-state index in [1.54, 1.807) is 24.4 Å². The number of aromatic nitrogens is 1. The lowest BCUT2D eigenvalue weighted by Crippen LogP contribution is -2.16. The van der Waals surface area contributed by atoms with Crippen molar-refractivity contribution in [2.75, 3.05) is 5.32 Å². The molecule has 0 spiro atoms. The summed E-state index contributed by atoms with van der Waals surface area (Å²) in [6, 6.07) is 5.14. The molecule has 3 N–H and O–H groups in total. The lowest BCUT2D eigenvalue weighted by molar-refractivity contribution is -0.360. The van der Waals surface area contributed by atoms with E-state index in [1.807, 2.05) is 0 Å². The fourth-order valence-corrected chi connectivity index (χ4v) is 0.586. The number of hydrogen-bond acceptors (Lipinski definition) is 1. The zero-order chi connectivity index (χ0) is 7.40. The average Bonchev–Trinajstić information content (AvgIpc) is 1.88. The van der Waals surface area contributed by atoms with Gasteiger partial charge in [0.1, 0.15) is 0 Å². The first-order chi connectivity index (χ1) is 4.79. The van der Waals surface area contributed by atoms with Gasteiger partial charge in [0, 0.05) is 6.07 Å². The summed E-state index contributed by atoms with van der Waals surface area (Å²) < 4.78 is 0. The molecule has 0 unspecified atom stereocenters. The van der Waals surface area contributed by atoms with Gasteiger partial charge >= 0.3 is 6.09 Å². The van der Waals surface area contributed by atoms with Crippen molar-refractivity contribution in [1.29, 1.82) is 0 Å². The molecule has 1 aromatic rings. The quantitative estimate of drug-likeness (QED) is 0.598. The van der Waals surface area contributed by atoms with E-state index in [4.69, 9.17) is 5.11 Å². The maximum absolute atomic E-state index is 10.0. The molecule has 0 saturated heterocycles. The van der Waals surface area contributed by atoms with Gasteiger partial charge < -0.3 is 5.11 Å². The SMILES string of the molecule is O=C(O)Nc1cccc[nH+]1. The number of nitrogens with one attached hydrogen (secondary N) is 2. The Morgan fingerprint density at radius 3 is 2.90 bits per heavy atom. The Labute approximate surface area is 57.5 Å². The van der Waals surface area contributed by atoms with E-state index in [-0.39, 0.29) is 0 Å². The predicted molar refractivity (Wildman–Crippen MR) is 34.6 cm³/mol. The summed E-state index contributed by atoms with van der Waals surface area (Å²) in [6.45, 7) is 0. The van der Waals surface area contributed by atoms with Gasteiger partial charge in [0.05, 0.1) is 6.20 Å². The summed E-state index contributed by atoms with van der Waals surface area (Å²) in [6.07, 6.45) is 0.577. The number of aromatic amines is 1. The van der Waals surface area contributed by atoms with Gasteiger partial charge in [0.15, 0.2) is 0 Å². The van der Waals surface area contributed by atoms with Crippen molar-refractivity contribution in [3.63, 3.8) is 0 Å². The molecule has 10 heavy (non-hydrogen) atoms. The first-order valence-corrected chi connectivity index (χ1v) is 2.76. The maximum atomic E-state index is 10.0. The van der Waals surface area contributed by atoms with E-state index in [9.17, 15) is 4.79 Å². The summed E-state index contributed by atoms with van der Waals surface area (Å²) in [5.41, 5.74) is 0. The molecular formula is C6H7N2O2+. The second kappa shape index (κ2) is 2.82. The van der Waals surface area contributed by atoms with E-state index in [0.29, 0.717) is 5.82 Å². The highest BCUT2D eigenvalue weighted by molar-refractivity contribution is 5.80. The fraction of sp³-hybridized carbons (Fsp3) is 0. The van der Waals surface area contributed by atoms with Crippen molar-refractivity contribution in [1.82, 2.24) is 0 Å². The van der Waals surface area contributed by atoms with Gasteiger partial charge in [-0.25, -0.2) is 4.98 Å². The molecule has 1 heterocycles. The number of hydrogen-bond donors (Lipinski definition) is 2. The summed E-state index contributed by atoms with van der Waals surface area (Å²) >= 11 is 0. The fourth-order valence-electron chi connectivity index (χ4n) is 0.586. The lowest BCUT2D eigenvalue weighted by Gasteiger charge is -1.87. The molecule has 0 aliphatic carbocycles. The van der Waals surface area contributed by atoms with Gasteiger partial charge in [-0.2, -0.15) is 10.1 Å². The summed E-state index contributed by atoms with van der Waals surface area (Å²) in [5, 5.41) is 10.4. The van der Waals surface area contributed by atoms with Crippen molar-refractivity contribution in [2.45, 2.75) is 0 Å². The third-order valence-corrected chi connectivity index (χ3v) is 0.951. The van der Waals surface area contributed by atoms with Crippen LogP contribution in [0.1, 0.15) is 0 Å². The van der Waals surface area contributed by atoms with E-state index in [0.717, 1.165) is 0 Å². The Morgan fingerprint density at radius 1 is 1.60 bits per heavy atom. The van der Waals surface area contributed by atoms with Gasteiger partial charge in [-0.1, -0.05) is 6.07 Å². The van der Waals surface area contributed by atoms with Crippen LogP contribution in [0.2, 0.25) is 0 Å². The monoisotopic (exact) mass is 139 g/mol. The van der Waals surface area contributed by atoms with Crippen LogP contribution in [0, 0.1) is 0 Å². The highest BCUT2D eigenvalue weighted by atomic mass is 16.4.